The molecule has 0 spiro atoms. The zero-order chi connectivity index (χ0) is 16.1. The van der Waals surface area contributed by atoms with Crippen molar-refractivity contribution in [3.63, 3.8) is 0 Å². The predicted molar refractivity (Wildman–Crippen MR) is 86.5 cm³/mol. The lowest BCUT2D eigenvalue weighted by atomic mass is 9.85. The highest BCUT2D eigenvalue weighted by Crippen LogP contribution is 2.31. The fourth-order valence-corrected chi connectivity index (χ4v) is 4.20. The van der Waals surface area contributed by atoms with E-state index in [2.05, 4.69) is 4.98 Å². The van der Waals surface area contributed by atoms with Crippen molar-refractivity contribution < 1.29 is 13.2 Å². The molecule has 0 saturated heterocycles. The van der Waals surface area contributed by atoms with E-state index in [1.807, 2.05) is 39.8 Å². The Bertz CT molecular complexity index is 568. The standard InChI is InChI=1S/C15H24ClNO3S/c1-5-13-14(9-8-12(4)17-13)20-10-15(6-2,7-3)11-21(16,18)19/h8-9H,5-7,10-11H2,1-4H3. The van der Waals surface area contributed by atoms with E-state index in [4.69, 9.17) is 15.4 Å². The van der Waals surface area contributed by atoms with Gasteiger partial charge in [-0.25, -0.2) is 8.42 Å². The van der Waals surface area contributed by atoms with Gasteiger partial charge in [0.15, 0.2) is 0 Å². The summed E-state index contributed by atoms with van der Waals surface area (Å²) in [5, 5.41) is 0. The Morgan fingerprint density at radius 2 is 1.86 bits per heavy atom. The summed E-state index contributed by atoms with van der Waals surface area (Å²) in [5.74, 6) is 0.649. The molecule has 0 amide bonds. The second kappa shape index (κ2) is 7.45. The first-order valence-electron chi connectivity index (χ1n) is 7.27. The summed E-state index contributed by atoms with van der Waals surface area (Å²) in [6, 6.07) is 3.79. The maximum atomic E-state index is 11.4. The molecule has 1 rings (SSSR count). The van der Waals surface area contributed by atoms with Crippen molar-refractivity contribution in [2.75, 3.05) is 12.4 Å². The number of aromatic nitrogens is 1. The van der Waals surface area contributed by atoms with Crippen molar-refractivity contribution in [1.29, 1.82) is 0 Å². The van der Waals surface area contributed by atoms with E-state index in [9.17, 15) is 8.42 Å². The summed E-state index contributed by atoms with van der Waals surface area (Å²) >= 11 is 0. The smallest absolute Gasteiger partial charge is 0.233 e. The van der Waals surface area contributed by atoms with Gasteiger partial charge in [0.25, 0.3) is 0 Å². The van der Waals surface area contributed by atoms with Crippen LogP contribution in [0, 0.1) is 12.3 Å². The van der Waals surface area contributed by atoms with Crippen LogP contribution < -0.4 is 4.74 Å². The second-order valence-electron chi connectivity index (χ2n) is 5.43. The Hall–Kier alpha value is -0.810. The lowest BCUT2D eigenvalue weighted by molar-refractivity contribution is 0.153. The molecule has 0 aliphatic carbocycles. The van der Waals surface area contributed by atoms with Gasteiger partial charge in [-0.3, -0.25) is 4.98 Å². The third-order valence-electron chi connectivity index (χ3n) is 3.92. The molecule has 1 aromatic rings. The fourth-order valence-electron chi connectivity index (χ4n) is 2.28. The van der Waals surface area contributed by atoms with Gasteiger partial charge in [-0.15, -0.1) is 0 Å². The first kappa shape index (κ1) is 18.2. The molecule has 0 aliphatic rings. The van der Waals surface area contributed by atoms with Gasteiger partial charge in [-0.1, -0.05) is 20.8 Å². The summed E-state index contributed by atoms with van der Waals surface area (Å²) < 4.78 is 28.8. The summed E-state index contributed by atoms with van der Waals surface area (Å²) in [4.78, 5) is 4.45. The molecule has 6 heteroatoms. The Morgan fingerprint density at radius 3 is 2.33 bits per heavy atom. The normalized spacial score (nSPS) is 12.4. The third-order valence-corrected chi connectivity index (χ3v) is 5.20. The van der Waals surface area contributed by atoms with Crippen LogP contribution in [0.25, 0.3) is 0 Å². The molecule has 4 nitrogen and oxygen atoms in total. The molecule has 0 saturated carbocycles. The number of hydrogen-bond donors (Lipinski definition) is 0. The van der Waals surface area contributed by atoms with Crippen LogP contribution in [0.1, 0.15) is 45.0 Å². The van der Waals surface area contributed by atoms with Crippen LogP contribution in [-0.2, 0) is 15.5 Å². The number of ether oxygens (including phenoxy) is 1. The van der Waals surface area contributed by atoms with Gasteiger partial charge in [0.05, 0.1) is 18.1 Å². The minimum Gasteiger partial charge on any atom is -0.491 e. The van der Waals surface area contributed by atoms with Crippen LogP contribution in [-0.4, -0.2) is 25.8 Å². The third kappa shape index (κ3) is 5.47. The Kier molecular flexibility index (Phi) is 6.47. The molecule has 0 radical (unpaired) electrons. The van der Waals surface area contributed by atoms with Gasteiger partial charge in [0, 0.05) is 21.8 Å². The number of aryl methyl sites for hydroxylation is 2. The molecular weight excluding hydrogens is 310 g/mol. The molecule has 21 heavy (non-hydrogen) atoms. The highest BCUT2D eigenvalue weighted by atomic mass is 35.7. The van der Waals surface area contributed by atoms with E-state index < -0.39 is 14.5 Å². The van der Waals surface area contributed by atoms with Gasteiger partial charge in [-0.2, -0.15) is 0 Å². The predicted octanol–water partition coefficient (Wildman–Crippen LogP) is 3.71. The van der Waals surface area contributed by atoms with E-state index in [-0.39, 0.29) is 5.75 Å². The molecule has 0 unspecified atom stereocenters. The zero-order valence-electron chi connectivity index (χ0n) is 13.1. The number of nitrogens with zero attached hydrogens (tertiary/aromatic N) is 1. The minimum absolute atomic E-state index is 0.0741. The van der Waals surface area contributed by atoms with Crippen molar-refractivity contribution in [3.8, 4) is 5.75 Å². The maximum absolute atomic E-state index is 11.4. The van der Waals surface area contributed by atoms with Crippen LogP contribution >= 0.6 is 10.7 Å². The molecule has 0 atom stereocenters. The van der Waals surface area contributed by atoms with Crippen LogP contribution in [0.3, 0.4) is 0 Å². The Morgan fingerprint density at radius 1 is 1.24 bits per heavy atom. The van der Waals surface area contributed by atoms with Crippen LogP contribution in [0.4, 0.5) is 0 Å². The van der Waals surface area contributed by atoms with Crippen molar-refractivity contribution in [2.45, 2.75) is 47.0 Å². The second-order valence-corrected chi connectivity index (χ2v) is 8.21. The summed E-state index contributed by atoms with van der Waals surface area (Å²) in [6.07, 6.45) is 2.16. The molecule has 1 heterocycles. The first-order chi connectivity index (χ1) is 9.75. The van der Waals surface area contributed by atoms with Crippen molar-refractivity contribution in [3.05, 3.63) is 23.5 Å². The van der Waals surface area contributed by atoms with E-state index in [0.717, 1.165) is 23.6 Å². The molecule has 0 fully saturated rings. The molecule has 0 bridgehead atoms. The van der Waals surface area contributed by atoms with Crippen LogP contribution in [0.15, 0.2) is 12.1 Å². The monoisotopic (exact) mass is 333 g/mol. The molecule has 1 aromatic heterocycles. The van der Waals surface area contributed by atoms with Crippen molar-refractivity contribution in [1.82, 2.24) is 4.98 Å². The van der Waals surface area contributed by atoms with Gasteiger partial charge < -0.3 is 4.74 Å². The van der Waals surface area contributed by atoms with Gasteiger partial charge in [-0.05, 0) is 38.3 Å². The van der Waals surface area contributed by atoms with Crippen molar-refractivity contribution >= 4 is 19.7 Å². The Labute approximate surface area is 132 Å². The van der Waals surface area contributed by atoms with Gasteiger partial charge >= 0.3 is 0 Å². The van der Waals surface area contributed by atoms with E-state index in [0.29, 0.717) is 19.4 Å². The van der Waals surface area contributed by atoms with E-state index >= 15 is 0 Å². The largest absolute Gasteiger partial charge is 0.491 e. The molecule has 0 aromatic carbocycles. The van der Waals surface area contributed by atoms with E-state index in [1.54, 1.807) is 0 Å². The highest BCUT2D eigenvalue weighted by molar-refractivity contribution is 8.13. The molecule has 120 valence electrons. The minimum atomic E-state index is -3.56. The topological polar surface area (TPSA) is 56.3 Å². The van der Waals surface area contributed by atoms with Crippen LogP contribution in [0.5, 0.6) is 5.75 Å². The molecule has 0 aliphatic heterocycles. The fraction of sp³-hybridized carbons (Fsp3) is 0.667. The molecule has 0 N–H and O–H groups in total. The number of hydrogen-bond acceptors (Lipinski definition) is 4. The van der Waals surface area contributed by atoms with E-state index in [1.165, 1.54) is 0 Å². The van der Waals surface area contributed by atoms with Gasteiger partial charge in [0.1, 0.15) is 5.75 Å². The zero-order valence-corrected chi connectivity index (χ0v) is 14.7. The lowest BCUT2D eigenvalue weighted by Crippen LogP contribution is -2.34. The Balaban J connectivity index is 2.92. The highest BCUT2D eigenvalue weighted by Gasteiger charge is 2.32. The lowest BCUT2D eigenvalue weighted by Gasteiger charge is -2.30. The number of rotatable bonds is 8. The van der Waals surface area contributed by atoms with Crippen molar-refractivity contribution in [2.24, 2.45) is 5.41 Å². The van der Waals surface area contributed by atoms with Gasteiger partial charge in [0.2, 0.25) is 9.05 Å². The number of pyridine rings is 1. The van der Waals surface area contributed by atoms with Crippen LogP contribution in [0.2, 0.25) is 0 Å². The average Bonchev–Trinajstić information content (AvgIpc) is 2.43. The summed E-state index contributed by atoms with van der Waals surface area (Å²) in [7, 11) is 1.88. The SMILES string of the molecule is CCc1nc(C)ccc1OCC(CC)(CC)CS(=O)(=O)Cl. The number of halogens is 1. The summed E-state index contributed by atoms with van der Waals surface area (Å²) in [5.41, 5.74) is 1.38. The molecular formula is C15H24ClNO3S. The maximum Gasteiger partial charge on any atom is 0.233 e. The summed E-state index contributed by atoms with van der Waals surface area (Å²) in [6.45, 7) is 8.20. The quantitative estimate of drug-likeness (QED) is 0.680. The average molecular weight is 334 g/mol. The first-order valence-corrected chi connectivity index (χ1v) is 9.74.